The van der Waals surface area contributed by atoms with Crippen molar-refractivity contribution in [2.45, 2.75) is 19.4 Å². The van der Waals surface area contributed by atoms with Crippen LogP contribution in [0.3, 0.4) is 0 Å². The second kappa shape index (κ2) is 7.43. The molecule has 0 aliphatic carbocycles. The number of H-pyrrole nitrogens is 1. The monoisotopic (exact) mass is 380 g/mol. The normalized spacial score (nSPS) is 12.5. The summed E-state index contributed by atoms with van der Waals surface area (Å²) >= 11 is 12.4. The van der Waals surface area contributed by atoms with Crippen molar-refractivity contribution in [3.05, 3.63) is 50.5 Å². The fraction of sp³-hybridized carbons (Fsp3) is 0.312. The molecule has 132 valence electrons. The van der Waals surface area contributed by atoms with Gasteiger partial charge < -0.3 is 16.0 Å². The molecule has 4 N–H and O–H groups in total. The molecular formula is C16H18Cl2N6O. The number of nitrogens with two attached hydrogens (primary N) is 1. The van der Waals surface area contributed by atoms with Gasteiger partial charge >= 0.3 is 5.69 Å². The minimum absolute atomic E-state index is 0.285. The minimum Gasteiger partial charge on any atom is -0.354 e. The van der Waals surface area contributed by atoms with E-state index in [1.807, 2.05) is 6.92 Å². The fourth-order valence-electron chi connectivity index (χ4n) is 2.64. The summed E-state index contributed by atoms with van der Waals surface area (Å²) in [4.78, 5) is 23.9. The van der Waals surface area contributed by atoms with Crippen LogP contribution in [0.4, 0.5) is 5.95 Å². The van der Waals surface area contributed by atoms with Gasteiger partial charge in [-0.1, -0.05) is 23.2 Å². The number of aromatic nitrogens is 4. The van der Waals surface area contributed by atoms with E-state index in [-0.39, 0.29) is 11.7 Å². The van der Waals surface area contributed by atoms with Crippen LogP contribution in [0.15, 0.2) is 29.2 Å². The largest absolute Gasteiger partial charge is 0.354 e. The molecule has 0 spiro atoms. The van der Waals surface area contributed by atoms with E-state index in [0.717, 1.165) is 12.0 Å². The van der Waals surface area contributed by atoms with E-state index in [0.29, 0.717) is 40.2 Å². The quantitative estimate of drug-likeness (QED) is 0.570. The van der Waals surface area contributed by atoms with Crippen LogP contribution in [0.5, 0.6) is 0 Å². The Morgan fingerprint density at radius 2 is 2.20 bits per heavy atom. The molecule has 0 fully saturated rings. The van der Waals surface area contributed by atoms with Crippen molar-refractivity contribution in [3.63, 3.8) is 0 Å². The van der Waals surface area contributed by atoms with E-state index in [9.17, 15) is 4.79 Å². The van der Waals surface area contributed by atoms with E-state index in [1.165, 1.54) is 0 Å². The molecule has 0 saturated heterocycles. The molecule has 0 radical (unpaired) electrons. The second-order valence-corrected chi connectivity index (χ2v) is 6.49. The number of hydrogen-bond acceptors (Lipinski definition) is 5. The fourth-order valence-corrected chi connectivity index (χ4v) is 3.09. The first kappa shape index (κ1) is 17.7. The average molecular weight is 381 g/mol. The zero-order valence-electron chi connectivity index (χ0n) is 13.6. The highest BCUT2D eigenvalue weighted by atomic mass is 35.5. The van der Waals surface area contributed by atoms with Crippen LogP contribution in [0.1, 0.15) is 24.9 Å². The van der Waals surface area contributed by atoms with E-state index in [1.54, 1.807) is 29.0 Å². The molecule has 25 heavy (non-hydrogen) atoms. The van der Waals surface area contributed by atoms with E-state index < -0.39 is 0 Å². The predicted molar refractivity (Wildman–Crippen MR) is 101 cm³/mol. The molecule has 0 bridgehead atoms. The van der Waals surface area contributed by atoms with Gasteiger partial charge in [0.25, 0.3) is 0 Å². The Bertz CT molecular complexity index is 951. The Morgan fingerprint density at radius 1 is 1.40 bits per heavy atom. The van der Waals surface area contributed by atoms with E-state index in [2.05, 4.69) is 20.3 Å². The summed E-state index contributed by atoms with van der Waals surface area (Å²) in [6, 6.07) is 4.82. The van der Waals surface area contributed by atoms with Crippen molar-refractivity contribution in [2.75, 3.05) is 18.4 Å². The summed E-state index contributed by atoms with van der Waals surface area (Å²) in [6.07, 6.45) is 2.38. The van der Waals surface area contributed by atoms with Crippen molar-refractivity contribution in [1.29, 1.82) is 0 Å². The Kier molecular flexibility index (Phi) is 5.27. The highest BCUT2D eigenvalue weighted by Crippen LogP contribution is 2.29. The number of fused-ring (bicyclic) bond motifs is 1. The van der Waals surface area contributed by atoms with Crippen LogP contribution in [-0.4, -0.2) is 32.6 Å². The highest BCUT2D eigenvalue weighted by molar-refractivity contribution is 6.33. The lowest BCUT2D eigenvalue weighted by molar-refractivity contribution is 0.630. The third-order valence-corrected chi connectivity index (χ3v) is 4.50. The summed E-state index contributed by atoms with van der Waals surface area (Å²) in [5, 5.41) is 4.18. The first-order valence-electron chi connectivity index (χ1n) is 7.87. The van der Waals surface area contributed by atoms with Gasteiger partial charge in [0, 0.05) is 16.6 Å². The molecule has 0 aliphatic heterocycles. The zero-order valence-corrected chi connectivity index (χ0v) is 15.1. The average Bonchev–Trinajstić information content (AvgIpc) is 2.92. The molecule has 3 rings (SSSR count). The molecular weight excluding hydrogens is 363 g/mol. The van der Waals surface area contributed by atoms with Crippen LogP contribution in [0, 0.1) is 0 Å². The summed E-state index contributed by atoms with van der Waals surface area (Å²) in [5.74, 6) is 0.443. The molecule has 1 aromatic carbocycles. The molecule has 9 heteroatoms. The van der Waals surface area contributed by atoms with Gasteiger partial charge in [0.05, 0.1) is 12.2 Å². The Hall–Kier alpha value is -2.09. The lowest BCUT2D eigenvalue weighted by Crippen LogP contribution is -2.22. The number of anilines is 1. The number of benzene rings is 1. The van der Waals surface area contributed by atoms with Crippen LogP contribution >= 0.6 is 23.2 Å². The predicted octanol–water partition coefficient (Wildman–Crippen LogP) is 2.80. The van der Waals surface area contributed by atoms with Crippen molar-refractivity contribution in [1.82, 2.24) is 19.5 Å². The third kappa shape index (κ3) is 3.63. The number of nitrogens with zero attached hydrogens (tertiary/aromatic N) is 3. The maximum atomic E-state index is 12.4. The number of halogens is 2. The van der Waals surface area contributed by atoms with Gasteiger partial charge in [-0.25, -0.2) is 9.78 Å². The first-order chi connectivity index (χ1) is 12.0. The number of imidazole rings is 1. The Morgan fingerprint density at radius 3 is 2.96 bits per heavy atom. The maximum absolute atomic E-state index is 12.4. The molecule has 2 aromatic heterocycles. The molecule has 1 atom stereocenters. The van der Waals surface area contributed by atoms with E-state index >= 15 is 0 Å². The summed E-state index contributed by atoms with van der Waals surface area (Å²) in [7, 11) is 0. The molecule has 0 aliphatic rings. The van der Waals surface area contributed by atoms with Crippen molar-refractivity contribution < 1.29 is 0 Å². The SMILES string of the molecule is C[C@@H](c1cc(Cl)ccc1Cl)n1c(=O)[nH]c2cnc(NCCCN)nc21. The third-order valence-electron chi connectivity index (χ3n) is 3.92. The molecule has 0 amide bonds. The summed E-state index contributed by atoms with van der Waals surface area (Å²) in [6.45, 7) is 3.11. The molecule has 7 nitrogen and oxygen atoms in total. The van der Waals surface area contributed by atoms with E-state index in [4.69, 9.17) is 28.9 Å². The number of hydrogen-bond donors (Lipinski definition) is 3. The van der Waals surface area contributed by atoms with Crippen molar-refractivity contribution in [3.8, 4) is 0 Å². The van der Waals surface area contributed by atoms with Crippen LogP contribution in [0.25, 0.3) is 11.2 Å². The van der Waals surface area contributed by atoms with Crippen LogP contribution in [0.2, 0.25) is 10.0 Å². The molecule has 0 unspecified atom stereocenters. The van der Waals surface area contributed by atoms with Crippen molar-refractivity contribution >= 4 is 40.3 Å². The second-order valence-electron chi connectivity index (χ2n) is 5.64. The highest BCUT2D eigenvalue weighted by Gasteiger charge is 2.19. The molecule has 0 saturated carbocycles. The van der Waals surface area contributed by atoms with Gasteiger partial charge in [-0.3, -0.25) is 4.57 Å². The van der Waals surface area contributed by atoms with Crippen LogP contribution in [-0.2, 0) is 0 Å². The standard InChI is InChI=1S/C16H18Cl2N6O/c1-9(11-7-10(17)3-4-12(11)18)24-14-13(22-16(24)25)8-21-15(23-14)20-6-2-5-19/h3-4,7-9H,2,5-6,19H2,1H3,(H,22,25)(H,20,21,23)/t9-/m0/s1. The number of nitrogens with one attached hydrogen (secondary N) is 2. The molecule has 2 heterocycles. The van der Waals surface area contributed by atoms with Gasteiger partial charge in [0.2, 0.25) is 5.95 Å². The zero-order chi connectivity index (χ0) is 18.0. The smallest absolute Gasteiger partial charge is 0.328 e. The summed E-state index contributed by atoms with van der Waals surface area (Å²) in [5.41, 5.74) is 7.00. The lowest BCUT2D eigenvalue weighted by Gasteiger charge is -2.15. The maximum Gasteiger partial charge on any atom is 0.328 e. The topological polar surface area (TPSA) is 102 Å². The van der Waals surface area contributed by atoms with Gasteiger partial charge in [-0.15, -0.1) is 0 Å². The van der Waals surface area contributed by atoms with Gasteiger partial charge in [0.1, 0.15) is 5.52 Å². The number of rotatable bonds is 6. The molecule has 3 aromatic rings. The lowest BCUT2D eigenvalue weighted by atomic mass is 10.1. The Balaban J connectivity index is 2.05. The van der Waals surface area contributed by atoms with Crippen molar-refractivity contribution in [2.24, 2.45) is 5.73 Å². The van der Waals surface area contributed by atoms with Gasteiger partial charge in [-0.2, -0.15) is 4.98 Å². The van der Waals surface area contributed by atoms with Crippen LogP contribution < -0.4 is 16.7 Å². The minimum atomic E-state index is -0.348. The van der Waals surface area contributed by atoms with Gasteiger partial charge in [-0.05, 0) is 43.7 Å². The first-order valence-corrected chi connectivity index (χ1v) is 8.63. The summed E-state index contributed by atoms with van der Waals surface area (Å²) < 4.78 is 1.54. The number of aromatic amines is 1. The van der Waals surface area contributed by atoms with Gasteiger partial charge in [0.15, 0.2) is 5.65 Å². The Labute approximate surface area is 154 Å².